The third-order valence-electron chi connectivity index (χ3n) is 3.14. The summed E-state index contributed by atoms with van der Waals surface area (Å²) in [7, 11) is 0. The van der Waals surface area contributed by atoms with Gasteiger partial charge in [-0.15, -0.1) is 0 Å². The van der Waals surface area contributed by atoms with Crippen LogP contribution in [0.4, 0.5) is 8.78 Å². The van der Waals surface area contributed by atoms with E-state index in [1.807, 2.05) is 4.90 Å². The van der Waals surface area contributed by atoms with Gasteiger partial charge in [-0.3, -0.25) is 0 Å². The van der Waals surface area contributed by atoms with Crippen molar-refractivity contribution >= 4 is 15.9 Å². The van der Waals surface area contributed by atoms with Crippen molar-refractivity contribution in [3.8, 4) is 0 Å². The zero-order valence-corrected chi connectivity index (χ0v) is 16.8. The normalized spacial score (nSPS) is 15.1. The van der Waals surface area contributed by atoms with Crippen molar-refractivity contribution in [2.75, 3.05) is 26.2 Å². The minimum Gasteiger partial charge on any atom is 1.00 e. The molecule has 0 unspecified atom stereocenters. The molecule has 9 heteroatoms. The number of piperazine rings is 1. The molecule has 1 aromatic carbocycles. The third-order valence-corrected chi connectivity index (χ3v) is 4.91. The monoisotopic (exact) mass is 488 g/mol. The van der Waals surface area contributed by atoms with Gasteiger partial charge in [0.2, 0.25) is 0 Å². The van der Waals surface area contributed by atoms with Crippen LogP contribution in [0.3, 0.4) is 0 Å². The van der Waals surface area contributed by atoms with Gasteiger partial charge >= 0.3 is 160 Å². The number of aliphatic carboxylic acids is 1. The zero-order valence-electron chi connectivity index (χ0n) is 11.8. The predicted octanol–water partition coefficient (Wildman–Crippen LogP) is -4.11. The molecular formula is C13H11F2N2NaO3W. The van der Waals surface area contributed by atoms with E-state index in [1.54, 1.807) is 0 Å². The molecule has 0 aliphatic carbocycles. The Morgan fingerprint density at radius 1 is 1.00 bits per heavy atom. The van der Waals surface area contributed by atoms with Crippen LogP contribution < -0.4 is 34.7 Å². The molecule has 1 aliphatic rings. The van der Waals surface area contributed by atoms with E-state index in [-0.39, 0.29) is 42.6 Å². The minimum absolute atomic E-state index is 0. The van der Waals surface area contributed by atoms with Crippen molar-refractivity contribution in [2.45, 2.75) is 0 Å². The second-order valence-corrected chi connectivity index (χ2v) is 5.92. The molecule has 0 atom stereocenters. The molecule has 5 nitrogen and oxygen atoms in total. The van der Waals surface area contributed by atoms with Crippen LogP contribution in [0.2, 0.25) is 0 Å². The number of hydrogen-bond acceptors (Lipinski definition) is 4. The van der Waals surface area contributed by atoms with E-state index in [4.69, 9.17) is 0 Å². The van der Waals surface area contributed by atoms with E-state index in [0.717, 1.165) is 29.4 Å². The van der Waals surface area contributed by atoms with E-state index in [1.165, 1.54) is 17.0 Å². The quantitative estimate of drug-likeness (QED) is 0.314. The van der Waals surface area contributed by atoms with E-state index < -0.39 is 23.5 Å². The van der Waals surface area contributed by atoms with Crippen LogP contribution in [0.1, 0.15) is 5.56 Å². The van der Waals surface area contributed by atoms with Crippen LogP contribution in [0.15, 0.2) is 18.2 Å². The van der Waals surface area contributed by atoms with Crippen molar-refractivity contribution in [1.82, 2.24) is 9.80 Å². The summed E-state index contributed by atoms with van der Waals surface area (Å²) < 4.78 is 27.2. The number of carbonyl (C=O) groups excluding carboxylic acids is 2. The van der Waals surface area contributed by atoms with Gasteiger partial charge < -0.3 is 0 Å². The van der Waals surface area contributed by atoms with Crippen molar-refractivity contribution in [3.63, 3.8) is 0 Å². The summed E-state index contributed by atoms with van der Waals surface area (Å²) >= 11 is 1.04. The summed E-state index contributed by atoms with van der Waals surface area (Å²) in [6, 6.07) is 3.32. The molecule has 1 amide bonds. The smallest absolute Gasteiger partial charge is 1.00 e. The van der Waals surface area contributed by atoms with Crippen LogP contribution in [0.5, 0.6) is 0 Å². The molecule has 2 rings (SSSR count). The van der Waals surface area contributed by atoms with E-state index >= 15 is 0 Å². The van der Waals surface area contributed by atoms with Crippen LogP contribution in [-0.4, -0.2) is 51.9 Å². The number of hydrogen-bond donors (Lipinski definition) is 0. The van der Waals surface area contributed by atoms with Crippen molar-refractivity contribution in [1.29, 1.82) is 0 Å². The Balaban J connectivity index is 0.00000242. The first-order valence-corrected chi connectivity index (χ1v) is 7.61. The average Bonchev–Trinajstić information content (AvgIpc) is 2.44. The molecule has 0 N–H and O–H groups in total. The minimum atomic E-state index is -1.72. The SMILES string of the molecule is O=C([O-])C(=O)N1CCN([C](=[W])c2cc(F)cc(F)c2)CC1.[Na+]. The Morgan fingerprint density at radius 2 is 1.45 bits per heavy atom. The fourth-order valence-corrected chi connectivity index (χ4v) is 3.18. The summed E-state index contributed by atoms with van der Waals surface area (Å²) in [4.78, 5) is 24.9. The van der Waals surface area contributed by atoms with Gasteiger partial charge in [0.15, 0.2) is 0 Å². The fourth-order valence-electron chi connectivity index (χ4n) is 2.10. The number of rotatable bonds is 2. The topological polar surface area (TPSA) is 63.7 Å². The Hall–Kier alpha value is -0.462. The van der Waals surface area contributed by atoms with Gasteiger partial charge in [-0.05, 0) is 0 Å². The van der Waals surface area contributed by atoms with Crippen LogP contribution in [0.25, 0.3) is 0 Å². The van der Waals surface area contributed by atoms with Crippen molar-refractivity contribution < 1.29 is 72.4 Å². The Morgan fingerprint density at radius 3 is 1.91 bits per heavy atom. The van der Waals surface area contributed by atoms with E-state index in [2.05, 4.69) is 0 Å². The van der Waals surface area contributed by atoms with Gasteiger partial charge in [0, 0.05) is 0 Å². The van der Waals surface area contributed by atoms with Crippen LogP contribution in [0, 0.1) is 11.6 Å². The van der Waals surface area contributed by atoms with Gasteiger partial charge in [0.1, 0.15) is 0 Å². The first kappa shape index (κ1) is 19.6. The summed E-state index contributed by atoms with van der Waals surface area (Å²) in [6.45, 7) is 1.30. The standard InChI is InChI=1S/C13H12F2N2O3.Na.W/c14-10-5-9(6-11(15)7-10)8-16-1-3-17(4-2-16)12(18)13(19)20;;/h5-7H,1-4H2,(H,19,20);;/q;+1;/p-1. The molecule has 1 saturated heterocycles. The van der Waals surface area contributed by atoms with E-state index in [9.17, 15) is 23.5 Å². The van der Waals surface area contributed by atoms with Crippen LogP contribution in [-0.2, 0) is 28.9 Å². The second-order valence-electron chi connectivity index (χ2n) is 4.53. The van der Waals surface area contributed by atoms with Gasteiger partial charge in [0.05, 0.1) is 0 Å². The number of carbonyl (C=O) groups is 2. The van der Waals surface area contributed by atoms with Crippen molar-refractivity contribution in [2.24, 2.45) is 0 Å². The first-order valence-electron chi connectivity index (χ1n) is 6.14. The second kappa shape index (κ2) is 8.41. The number of carboxylic acids is 1. The largest absolute Gasteiger partial charge is 1.00 e. The molecule has 0 bridgehead atoms. The molecule has 1 aromatic rings. The Bertz CT molecular complexity index is 587. The number of nitrogens with zero attached hydrogens (tertiary/aromatic N) is 2. The molecule has 1 aliphatic heterocycles. The molecule has 1 heterocycles. The molecule has 22 heavy (non-hydrogen) atoms. The number of amides is 1. The predicted molar refractivity (Wildman–Crippen MR) is 63.6 cm³/mol. The van der Waals surface area contributed by atoms with Gasteiger partial charge in [-0.1, -0.05) is 0 Å². The summed E-state index contributed by atoms with van der Waals surface area (Å²) in [5.41, 5.74) is 0.460. The number of benzene rings is 1. The third kappa shape index (κ3) is 4.77. The van der Waals surface area contributed by atoms with Crippen molar-refractivity contribution in [3.05, 3.63) is 35.4 Å². The molecular weight excluding hydrogens is 477 g/mol. The maximum absolute atomic E-state index is 13.2. The first-order chi connectivity index (χ1) is 9.88. The Labute approximate surface area is 159 Å². The number of carboxylic acid groups (broad SMARTS) is 1. The van der Waals surface area contributed by atoms with E-state index in [0.29, 0.717) is 18.7 Å². The summed E-state index contributed by atoms with van der Waals surface area (Å²) in [5, 5.41) is 10.5. The molecule has 1 fully saturated rings. The average molecular weight is 488 g/mol. The fraction of sp³-hybridized carbons (Fsp3) is 0.308. The molecule has 112 valence electrons. The summed E-state index contributed by atoms with van der Waals surface area (Å²) in [6.07, 6.45) is 0. The zero-order chi connectivity index (χ0) is 15.6. The molecule has 0 spiro atoms. The molecule has 0 aromatic heterocycles. The van der Waals surface area contributed by atoms with Gasteiger partial charge in [-0.2, -0.15) is 0 Å². The molecule has 0 radical (unpaired) electrons. The van der Waals surface area contributed by atoms with Gasteiger partial charge in [0.25, 0.3) is 0 Å². The Kier molecular flexibility index (Phi) is 7.48. The van der Waals surface area contributed by atoms with Gasteiger partial charge in [-0.25, -0.2) is 0 Å². The maximum atomic E-state index is 13.2. The molecule has 0 saturated carbocycles. The number of halogens is 2. The summed E-state index contributed by atoms with van der Waals surface area (Å²) in [5.74, 6) is -4.04. The van der Waals surface area contributed by atoms with Crippen LogP contribution >= 0.6 is 0 Å². The maximum Gasteiger partial charge on any atom is 1.00 e.